The van der Waals surface area contributed by atoms with Crippen LogP contribution in [0.1, 0.15) is 40.9 Å². The number of hydrogen-bond acceptors (Lipinski definition) is 4. The molecule has 0 heterocycles. The second kappa shape index (κ2) is 11.0. The first kappa shape index (κ1) is 22.9. The minimum absolute atomic E-state index is 0.124. The van der Waals surface area contributed by atoms with Crippen LogP contribution in [0, 0.1) is 0 Å². The number of phenolic OH excluding ortho intramolecular Hbond substituents is 1. The fraction of sp³-hybridized carbons (Fsp3) is 0.269. The van der Waals surface area contributed by atoms with Crippen LogP contribution < -0.4 is 0 Å². The van der Waals surface area contributed by atoms with E-state index in [0.717, 1.165) is 22.3 Å². The van der Waals surface area contributed by atoms with E-state index in [1.165, 1.54) is 0 Å². The molecule has 0 amide bonds. The van der Waals surface area contributed by atoms with Crippen LogP contribution in [-0.4, -0.2) is 23.1 Å². The Morgan fingerprint density at radius 2 is 1.65 bits per heavy atom. The summed E-state index contributed by atoms with van der Waals surface area (Å²) in [5, 5.41) is 10.8. The number of aromatic hydroxyl groups is 1. The van der Waals surface area contributed by atoms with Crippen molar-refractivity contribution in [2.75, 3.05) is 5.88 Å². The SMILES string of the molecule is CC(C)OC(=O)c1c(O)cc(COCc2ccccc2)c(CCCl)c1-c1ccccc1. The van der Waals surface area contributed by atoms with Gasteiger partial charge in [0.1, 0.15) is 11.3 Å². The number of esters is 1. The molecule has 0 unspecified atom stereocenters. The van der Waals surface area contributed by atoms with Crippen molar-refractivity contribution in [2.45, 2.75) is 39.6 Å². The van der Waals surface area contributed by atoms with Gasteiger partial charge < -0.3 is 14.6 Å². The van der Waals surface area contributed by atoms with Gasteiger partial charge in [-0.1, -0.05) is 60.7 Å². The summed E-state index contributed by atoms with van der Waals surface area (Å²) in [5.74, 6) is -0.310. The summed E-state index contributed by atoms with van der Waals surface area (Å²) in [6.07, 6.45) is 0.221. The molecular weight excluding hydrogens is 412 g/mol. The fourth-order valence-electron chi connectivity index (χ4n) is 3.53. The molecule has 31 heavy (non-hydrogen) atoms. The van der Waals surface area contributed by atoms with Crippen LogP contribution in [0.4, 0.5) is 0 Å². The Kier molecular flexibility index (Phi) is 8.10. The molecule has 0 saturated heterocycles. The number of alkyl halides is 1. The van der Waals surface area contributed by atoms with Gasteiger partial charge in [0.15, 0.2) is 0 Å². The lowest BCUT2D eigenvalue weighted by Gasteiger charge is -2.20. The largest absolute Gasteiger partial charge is 0.507 e. The lowest BCUT2D eigenvalue weighted by Crippen LogP contribution is -2.15. The van der Waals surface area contributed by atoms with Gasteiger partial charge >= 0.3 is 5.97 Å². The van der Waals surface area contributed by atoms with E-state index >= 15 is 0 Å². The summed E-state index contributed by atoms with van der Waals surface area (Å²) >= 11 is 6.13. The molecule has 0 aliphatic carbocycles. The zero-order valence-electron chi connectivity index (χ0n) is 17.8. The third kappa shape index (κ3) is 5.87. The van der Waals surface area contributed by atoms with Gasteiger partial charge in [-0.15, -0.1) is 11.6 Å². The molecule has 0 aliphatic rings. The molecule has 0 aliphatic heterocycles. The summed E-state index contributed by atoms with van der Waals surface area (Å²) < 4.78 is 11.4. The smallest absolute Gasteiger partial charge is 0.342 e. The molecule has 3 aromatic carbocycles. The highest BCUT2D eigenvalue weighted by molar-refractivity contribution is 6.18. The molecule has 0 aromatic heterocycles. The van der Waals surface area contributed by atoms with E-state index in [2.05, 4.69) is 0 Å². The van der Waals surface area contributed by atoms with Crippen LogP contribution in [-0.2, 0) is 29.1 Å². The molecule has 0 spiro atoms. The maximum absolute atomic E-state index is 12.9. The lowest BCUT2D eigenvalue weighted by molar-refractivity contribution is 0.0375. The lowest BCUT2D eigenvalue weighted by atomic mass is 9.88. The molecule has 0 fully saturated rings. The summed E-state index contributed by atoms with van der Waals surface area (Å²) in [5.41, 5.74) is 4.36. The van der Waals surface area contributed by atoms with E-state index < -0.39 is 5.97 Å². The Labute approximate surface area is 188 Å². The van der Waals surface area contributed by atoms with Gasteiger partial charge in [0.05, 0.1) is 19.3 Å². The molecule has 162 valence electrons. The highest BCUT2D eigenvalue weighted by Gasteiger charge is 2.25. The van der Waals surface area contributed by atoms with Crippen molar-refractivity contribution in [2.24, 2.45) is 0 Å². The van der Waals surface area contributed by atoms with Gasteiger partial charge in [-0.05, 0) is 48.6 Å². The maximum atomic E-state index is 12.9. The molecule has 5 heteroatoms. The molecule has 0 saturated carbocycles. The van der Waals surface area contributed by atoms with E-state index in [-0.39, 0.29) is 24.0 Å². The number of hydrogen-bond donors (Lipinski definition) is 1. The number of rotatable bonds is 9. The predicted molar refractivity (Wildman–Crippen MR) is 123 cm³/mol. The van der Waals surface area contributed by atoms with Gasteiger partial charge in [0.2, 0.25) is 0 Å². The maximum Gasteiger partial charge on any atom is 0.342 e. The quantitative estimate of drug-likeness (QED) is 0.323. The predicted octanol–water partition coefficient (Wildman–Crippen LogP) is 6.12. The van der Waals surface area contributed by atoms with Crippen molar-refractivity contribution in [3.05, 3.63) is 89.0 Å². The van der Waals surface area contributed by atoms with Crippen molar-refractivity contribution in [3.63, 3.8) is 0 Å². The standard InChI is InChI=1S/C26H27ClO4/c1-18(2)31-26(29)25-23(28)15-21(17-30-16-19-9-5-3-6-10-19)22(13-14-27)24(25)20-11-7-4-8-12-20/h3-12,15,18,28H,13-14,16-17H2,1-2H3. The van der Waals surface area contributed by atoms with E-state index in [0.29, 0.717) is 24.5 Å². The van der Waals surface area contributed by atoms with Crippen LogP contribution in [0.3, 0.4) is 0 Å². The fourth-order valence-corrected chi connectivity index (χ4v) is 3.72. The third-order valence-corrected chi connectivity index (χ3v) is 5.02. The number of benzene rings is 3. The van der Waals surface area contributed by atoms with Crippen molar-refractivity contribution in [1.29, 1.82) is 0 Å². The number of carbonyl (C=O) groups excluding carboxylic acids is 1. The molecule has 0 bridgehead atoms. The van der Waals surface area contributed by atoms with Gasteiger partial charge in [0.25, 0.3) is 0 Å². The van der Waals surface area contributed by atoms with E-state index in [9.17, 15) is 9.90 Å². The summed E-state index contributed by atoms with van der Waals surface area (Å²) in [7, 11) is 0. The first-order valence-electron chi connectivity index (χ1n) is 10.3. The van der Waals surface area contributed by atoms with Crippen LogP contribution in [0.25, 0.3) is 11.1 Å². The number of phenols is 1. The molecule has 3 aromatic rings. The second-order valence-electron chi connectivity index (χ2n) is 7.52. The van der Waals surface area contributed by atoms with Crippen molar-refractivity contribution < 1.29 is 19.4 Å². The van der Waals surface area contributed by atoms with Gasteiger partial charge in [-0.25, -0.2) is 4.79 Å². The highest BCUT2D eigenvalue weighted by atomic mass is 35.5. The van der Waals surface area contributed by atoms with Crippen molar-refractivity contribution >= 4 is 17.6 Å². The Bertz CT molecular complexity index is 1000. The van der Waals surface area contributed by atoms with Gasteiger partial charge in [0, 0.05) is 11.4 Å². The number of carbonyl (C=O) groups is 1. The summed E-state index contributed by atoms with van der Waals surface area (Å²) in [6.45, 7) is 4.29. The monoisotopic (exact) mass is 438 g/mol. The van der Waals surface area contributed by atoms with Crippen LogP contribution >= 0.6 is 11.6 Å². The molecule has 0 atom stereocenters. The number of halogens is 1. The topological polar surface area (TPSA) is 55.8 Å². The van der Waals surface area contributed by atoms with Gasteiger partial charge in [-0.3, -0.25) is 0 Å². The Hall–Kier alpha value is -2.82. The first-order valence-corrected chi connectivity index (χ1v) is 10.9. The molecule has 3 rings (SSSR count). The van der Waals surface area contributed by atoms with E-state index in [4.69, 9.17) is 21.1 Å². The van der Waals surface area contributed by atoms with Crippen LogP contribution in [0.15, 0.2) is 66.7 Å². The van der Waals surface area contributed by atoms with E-state index in [1.54, 1.807) is 19.9 Å². The number of ether oxygens (including phenoxy) is 2. The average molecular weight is 439 g/mol. The zero-order chi connectivity index (χ0) is 22.2. The minimum Gasteiger partial charge on any atom is -0.507 e. The average Bonchev–Trinajstić information content (AvgIpc) is 2.76. The molecule has 4 nitrogen and oxygen atoms in total. The van der Waals surface area contributed by atoms with Crippen LogP contribution in [0.2, 0.25) is 0 Å². The zero-order valence-corrected chi connectivity index (χ0v) is 18.6. The minimum atomic E-state index is -0.557. The molecule has 0 radical (unpaired) electrons. The Morgan fingerprint density at radius 3 is 2.26 bits per heavy atom. The second-order valence-corrected chi connectivity index (χ2v) is 7.90. The van der Waals surface area contributed by atoms with Gasteiger partial charge in [-0.2, -0.15) is 0 Å². The Balaban J connectivity index is 2.05. The molecular formula is C26H27ClO4. The normalized spacial score (nSPS) is 11.0. The van der Waals surface area contributed by atoms with Crippen molar-refractivity contribution in [1.82, 2.24) is 0 Å². The molecule has 1 N–H and O–H groups in total. The summed E-state index contributed by atoms with van der Waals surface area (Å²) in [4.78, 5) is 12.9. The van der Waals surface area contributed by atoms with Crippen LogP contribution in [0.5, 0.6) is 5.75 Å². The van der Waals surface area contributed by atoms with E-state index in [1.807, 2.05) is 60.7 Å². The van der Waals surface area contributed by atoms with Crippen molar-refractivity contribution in [3.8, 4) is 16.9 Å². The summed E-state index contributed by atoms with van der Waals surface area (Å²) in [6, 6.07) is 21.0. The Morgan fingerprint density at radius 1 is 1.00 bits per heavy atom. The first-order chi connectivity index (χ1) is 15.0. The third-order valence-electron chi connectivity index (χ3n) is 4.83. The highest BCUT2D eigenvalue weighted by Crippen LogP contribution is 2.38.